The predicted octanol–water partition coefficient (Wildman–Crippen LogP) is 2.55. The lowest BCUT2D eigenvalue weighted by Gasteiger charge is -2.30. The van der Waals surface area contributed by atoms with Gasteiger partial charge in [-0.3, -0.25) is 9.59 Å². The van der Waals surface area contributed by atoms with Crippen molar-refractivity contribution >= 4 is 17.6 Å². The largest absolute Gasteiger partial charge is 0.462 e. The van der Waals surface area contributed by atoms with Crippen molar-refractivity contribution in [3.8, 4) is 0 Å². The lowest BCUT2D eigenvalue weighted by molar-refractivity contribution is -0.145. The first-order chi connectivity index (χ1) is 10.6. The summed E-state index contributed by atoms with van der Waals surface area (Å²) in [6.07, 6.45) is 1.93. The quantitative estimate of drug-likeness (QED) is 0.806. The fourth-order valence-electron chi connectivity index (χ4n) is 4.78. The van der Waals surface area contributed by atoms with E-state index >= 15 is 0 Å². The van der Waals surface area contributed by atoms with Crippen LogP contribution in [-0.4, -0.2) is 24.5 Å². The van der Waals surface area contributed by atoms with E-state index in [1.807, 2.05) is 43.0 Å². The summed E-state index contributed by atoms with van der Waals surface area (Å²) < 4.78 is 5.45. The van der Waals surface area contributed by atoms with E-state index in [-0.39, 0.29) is 35.7 Å². The minimum absolute atomic E-state index is 0.0839. The van der Waals surface area contributed by atoms with Gasteiger partial charge >= 0.3 is 5.97 Å². The van der Waals surface area contributed by atoms with E-state index in [4.69, 9.17) is 4.74 Å². The van der Waals surface area contributed by atoms with E-state index in [0.717, 1.165) is 24.1 Å². The highest BCUT2D eigenvalue weighted by molar-refractivity contribution is 5.98. The lowest BCUT2D eigenvalue weighted by Crippen LogP contribution is -2.42. The highest BCUT2D eigenvalue weighted by atomic mass is 16.6. The molecule has 3 aliphatic rings. The van der Waals surface area contributed by atoms with Crippen LogP contribution in [0.2, 0.25) is 0 Å². The molecular weight excluding hydrogens is 278 g/mol. The second-order valence-electron chi connectivity index (χ2n) is 6.84. The number of benzene rings is 1. The van der Waals surface area contributed by atoms with Gasteiger partial charge in [0.15, 0.2) is 0 Å². The van der Waals surface area contributed by atoms with Gasteiger partial charge in [-0.2, -0.15) is 0 Å². The number of nitrogens with zero attached hydrogens (tertiary/aromatic N) is 1. The molecule has 2 bridgehead atoms. The summed E-state index contributed by atoms with van der Waals surface area (Å²) in [6.45, 7) is 4.64. The average molecular weight is 299 g/mol. The molecule has 2 aliphatic carbocycles. The Hall–Kier alpha value is -1.84. The Morgan fingerprint density at radius 3 is 2.91 bits per heavy atom. The molecule has 22 heavy (non-hydrogen) atoms. The summed E-state index contributed by atoms with van der Waals surface area (Å²) >= 11 is 0. The molecular formula is C18H21NO3. The Balaban J connectivity index is 1.64. The molecule has 116 valence electrons. The van der Waals surface area contributed by atoms with Crippen LogP contribution < -0.4 is 4.90 Å². The summed E-state index contributed by atoms with van der Waals surface area (Å²) in [7, 11) is 0. The van der Waals surface area contributed by atoms with Crippen LogP contribution in [0.3, 0.4) is 0 Å². The number of anilines is 1. The molecule has 0 N–H and O–H groups in total. The molecule has 1 saturated heterocycles. The summed E-state index contributed by atoms with van der Waals surface area (Å²) in [6, 6.07) is 8.00. The molecule has 3 fully saturated rings. The zero-order valence-electron chi connectivity index (χ0n) is 13.0. The minimum Gasteiger partial charge on any atom is -0.462 e. The third-order valence-corrected chi connectivity index (χ3v) is 5.66. The normalized spacial score (nSPS) is 34.8. The van der Waals surface area contributed by atoms with E-state index in [1.165, 1.54) is 0 Å². The number of carbonyl (C=O) groups excluding carboxylic acids is 2. The van der Waals surface area contributed by atoms with Gasteiger partial charge in [0.1, 0.15) is 6.10 Å². The second-order valence-corrected chi connectivity index (χ2v) is 6.84. The van der Waals surface area contributed by atoms with Gasteiger partial charge in [0.2, 0.25) is 5.91 Å². The molecule has 0 aromatic heterocycles. The van der Waals surface area contributed by atoms with Gasteiger partial charge in [0.05, 0.1) is 11.8 Å². The Kier molecular flexibility index (Phi) is 3.03. The number of aryl methyl sites for hydroxylation is 1. The number of hydrogen-bond donors (Lipinski definition) is 0. The average Bonchev–Trinajstić information content (AvgIpc) is 3.09. The van der Waals surface area contributed by atoms with Crippen LogP contribution in [0.15, 0.2) is 24.3 Å². The fourth-order valence-corrected chi connectivity index (χ4v) is 4.78. The third kappa shape index (κ3) is 1.82. The predicted molar refractivity (Wildman–Crippen MR) is 82.3 cm³/mol. The number of hydrogen-bond acceptors (Lipinski definition) is 3. The van der Waals surface area contributed by atoms with Crippen molar-refractivity contribution in [2.75, 3.05) is 11.4 Å². The van der Waals surface area contributed by atoms with Gasteiger partial charge in [0, 0.05) is 18.2 Å². The molecule has 2 saturated carbocycles. The first-order valence-electron chi connectivity index (χ1n) is 8.18. The summed E-state index contributed by atoms with van der Waals surface area (Å²) in [4.78, 5) is 27.1. The van der Waals surface area contributed by atoms with Crippen LogP contribution in [0.4, 0.5) is 5.69 Å². The molecule has 0 spiro atoms. The van der Waals surface area contributed by atoms with E-state index in [2.05, 4.69) is 0 Å². The first kappa shape index (κ1) is 13.8. The Morgan fingerprint density at radius 1 is 1.36 bits per heavy atom. The van der Waals surface area contributed by atoms with E-state index in [1.54, 1.807) is 0 Å². The summed E-state index contributed by atoms with van der Waals surface area (Å²) in [5.74, 6) is 0.170. The van der Waals surface area contributed by atoms with E-state index in [0.29, 0.717) is 12.5 Å². The smallest absolute Gasteiger partial charge is 0.310 e. The van der Waals surface area contributed by atoms with Crippen molar-refractivity contribution in [3.63, 3.8) is 0 Å². The number of fused-ring (bicyclic) bond motifs is 1. The standard InChI is InChI=1S/C18H21NO3/c1-3-19(12-6-4-5-10(2)7-12)17(20)15-11-8-13-14(9-11)22-18(21)16(13)15/h4-7,11,13-16H,3,8-9H2,1-2H3/t11-,13+,14-,15?,16-/m1/s1. The van der Waals surface area contributed by atoms with Crippen LogP contribution in [0.25, 0.3) is 0 Å². The Labute approximate surface area is 130 Å². The fraction of sp³-hybridized carbons (Fsp3) is 0.556. The Bertz CT molecular complexity index is 639. The van der Waals surface area contributed by atoms with Crippen LogP contribution >= 0.6 is 0 Å². The summed E-state index contributed by atoms with van der Waals surface area (Å²) in [5, 5.41) is 0. The molecule has 1 aromatic carbocycles. The van der Waals surface area contributed by atoms with Crippen LogP contribution in [0.5, 0.6) is 0 Å². The zero-order valence-corrected chi connectivity index (χ0v) is 13.0. The van der Waals surface area contributed by atoms with Crippen LogP contribution in [-0.2, 0) is 14.3 Å². The molecule has 1 unspecified atom stereocenters. The third-order valence-electron chi connectivity index (χ3n) is 5.66. The van der Waals surface area contributed by atoms with Crippen molar-refractivity contribution in [3.05, 3.63) is 29.8 Å². The van der Waals surface area contributed by atoms with Gasteiger partial charge in [0.25, 0.3) is 0 Å². The Morgan fingerprint density at radius 2 is 2.18 bits per heavy atom. The van der Waals surface area contributed by atoms with Crippen LogP contribution in [0.1, 0.15) is 25.3 Å². The van der Waals surface area contributed by atoms with Gasteiger partial charge in [-0.25, -0.2) is 0 Å². The SMILES string of the molecule is CCN(C(=O)C1[C@@H]2C[C@H]3[C@@H](C2)OC(=O)[C@@H]13)c1cccc(C)c1. The van der Waals surface area contributed by atoms with Crippen molar-refractivity contribution in [2.45, 2.75) is 32.8 Å². The zero-order chi connectivity index (χ0) is 15.4. The first-order valence-corrected chi connectivity index (χ1v) is 8.18. The molecule has 4 heteroatoms. The maximum atomic E-state index is 13.1. The van der Waals surface area contributed by atoms with E-state index in [9.17, 15) is 9.59 Å². The molecule has 4 rings (SSSR count). The van der Waals surface area contributed by atoms with Gasteiger partial charge < -0.3 is 9.64 Å². The molecule has 1 amide bonds. The molecule has 0 radical (unpaired) electrons. The van der Waals surface area contributed by atoms with Crippen molar-refractivity contribution in [1.82, 2.24) is 0 Å². The van der Waals surface area contributed by atoms with Crippen molar-refractivity contribution < 1.29 is 14.3 Å². The van der Waals surface area contributed by atoms with Gasteiger partial charge in [-0.05, 0) is 50.3 Å². The topological polar surface area (TPSA) is 46.6 Å². The highest BCUT2D eigenvalue weighted by Gasteiger charge is 2.64. The molecule has 1 aliphatic heterocycles. The molecule has 1 aromatic rings. The van der Waals surface area contributed by atoms with Crippen molar-refractivity contribution in [2.24, 2.45) is 23.7 Å². The van der Waals surface area contributed by atoms with Gasteiger partial charge in [-0.15, -0.1) is 0 Å². The molecule has 4 nitrogen and oxygen atoms in total. The van der Waals surface area contributed by atoms with Crippen molar-refractivity contribution in [1.29, 1.82) is 0 Å². The number of amides is 1. The molecule has 5 atom stereocenters. The number of esters is 1. The monoisotopic (exact) mass is 299 g/mol. The summed E-state index contributed by atoms with van der Waals surface area (Å²) in [5.41, 5.74) is 2.07. The van der Waals surface area contributed by atoms with Gasteiger partial charge in [-0.1, -0.05) is 12.1 Å². The number of carbonyl (C=O) groups is 2. The van der Waals surface area contributed by atoms with E-state index < -0.39 is 0 Å². The van der Waals surface area contributed by atoms with Crippen LogP contribution in [0, 0.1) is 30.6 Å². The minimum atomic E-state index is -0.199. The maximum Gasteiger partial charge on any atom is 0.310 e. The number of rotatable bonds is 3. The number of ether oxygens (including phenoxy) is 1. The maximum absolute atomic E-state index is 13.1. The highest BCUT2D eigenvalue weighted by Crippen LogP contribution is 2.58. The lowest BCUT2D eigenvalue weighted by atomic mass is 9.79. The molecule has 1 heterocycles. The second kappa shape index (κ2) is 4.83.